The lowest BCUT2D eigenvalue weighted by Gasteiger charge is -2.19. The molecule has 8 heteroatoms. The molecule has 6 rings (SSSR count). The molecule has 2 N–H and O–H groups in total. The van der Waals surface area contributed by atoms with E-state index < -0.39 is 0 Å². The second kappa shape index (κ2) is 7.44. The quantitative estimate of drug-likeness (QED) is 0.639. The van der Waals surface area contributed by atoms with Gasteiger partial charge >= 0.3 is 0 Å². The molecule has 1 saturated heterocycles. The summed E-state index contributed by atoms with van der Waals surface area (Å²) in [6.07, 6.45) is 8.67. The van der Waals surface area contributed by atoms with Gasteiger partial charge in [0.2, 0.25) is 11.9 Å². The summed E-state index contributed by atoms with van der Waals surface area (Å²) in [5.74, 6) is 2.45. The fourth-order valence-electron chi connectivity index (χ4n) is 5.35. The van der Waals surface area contributed by atoms with Gasteiger partial charge < -0.3 is 10.2 Å². The average molecular weight is 416 g/mol. The normalized spacial score (nSPS) is 24.1. The van der Waals surface area contributed by atoms with Gasteiger partial charge in [-0.05, 0) is 47.8 Å². The van der Waals surface area contributed by atoms with Gasteiger partial charge in [0.15, 0.2) is 0 Å². The van der Waals surface area contributed by atoms with Crippen molar-refractivity contribution >= 4 is 11.9 Å². The summed E-state index contributed by atoms with van der Waals surface area (Å²) in [6, 6.07) is 8.90. The molecule has 158 valence electrons. The van der Waals surface area contributed by atoms with Crippen molar-refractivity contribution in [2.75, 3.05) is 18.4 Å². The first-order valence-corrected chi connectivity index (χ1v) is 11.0. The average Bonchev–Trinajstić information content (AvgIpc) is 3.29. The van der Waals surface area contributed by atoms with Crippen molar-refractivity contribution in [1.82, 2.24) is 30.3 Å². The number of piperidine rings is 1. The Balaban J connectivity index is 0.971. The molecule has 1 saturated carbocycles. The van der Waals surface area contributed by atoms with Crippen LogP contribution in [0.4, 0.5) is 5.95 Å². The molecule has 1 amide bonds. The van der Waals surface area contributed by atoms with Gasteiger partial charge in [0.25, 0.3) is 0 Å². The minimum atomic E-state index is 0.219. The van der Waals surface area contributed by atoms with E-state index in [1.165, 1.54) is 11.1 Å². The van der Waals surface area contributed by atoms with Gasteiger partial charge in [0, 0.05) is 43.9 Å². The van der Waals surface area contributed by atoms with Gasteiger partial charge in [0.1, 0.15) is 0 Å². The first-order chi connectivity index (χ1) is 15.2. The number of carbonyl (C=O) groups is 1. The summed E-state index contributed by atoms with van der Waals surface area (Å²) in [7, 11) is 0. The van der Waals surface area contributed by atoms with Crippen molar-refractivity contribution in [2.45, 2.75) is 37.6 Å². The van der Waals surface area contributed by atoms with E-state index >= 15 is 0 Å². The Morgan fingerprint density at radius 3 is 2.42 bits per heavy atom. The minimum Gasteiger partial charge on any atom is -0.351 e. The summed E-state index contributed by atoms with van der Waals surface area (Å²) in [4.78, 5) is 23.6. The van der Waals surface area contributed by atoms with Crippen LogP contribution in [-0.4, -0.2) is 55.3 Å². The molecule has 3 aromatic rings. The number of anilines is 1. The number of nitrogens with zero attached hydrogens (tertiary/aromatic N) is 5. The van der Waals surface area contributed by atoms with E-state index in [-0.39, 0.29) is 5.91 Å². The molecule has 0 radical (unpaired) electrons. The number of aryl methyl sites for hydroxylation is 1. The maximum atomic E-state index is 12.6. The van der Waals surface area contributed by atoms with Crippen molar-refractivity contribution in [3.8, 4) is 0 Å². The number of H-pyrrole nitrogens is 1. The van der Waals surface area contributed by atoms with Crippen molar-refractivity contribution in [3.63, 3.8) is 0 Å². The minimum absolute atomic E-state index is 0.219. The van der Waals surface area contributed by atoms with Crippen LogP contribution in [0.25, 0.3) is 0 Å². The predicted molar refractivity (Wildman–Crippen MR) is 114 cm³/mol. The van der Waals surface area contributed by atoms with Crippen LogP contribution >= 0.6 is 0 Å². The highest BCUT2D eigenvalue weighted by molar-refractivity contribution is 5.77. The lowest BCUT2D eigenvalue weighted by molar-refractivity contribution is -0.130. The molecule has 2 fully saturated rings. The molecule has 3 aliphatic rings. The highest BCUT2D eigenvalue weighted by atomic mass is 16.2. The number of likely N-dealkylation sites (tertiary alicyclic amines) is 1. The molecule has 1 aliphatic heterocycles. The van der Waals surface area contributed by atoms with Crippen molar-refractivity contribution in [3.05, 3.63) is 65.2 Å². The van der Waals surface area contributed by atoms with Gasteiger partial charge in [-0.15, -0.1) is 0 Å². The number of rotatable bonds is 6. The standard InChI is InChI=1S/C23H25N7O/c31-21(30-12-18-19(13-30)22(18)20-11-26-29-28-20)6-5-14-9-24-23(25-10-14)27-17-7-15-3-1-2-4-16(15)8-17/h1-4,9-11,17-19,22H,5-8,12-13H2,(H,24,25,27)(H,26,28,29). The summed E-state index contributed by atoms with van der Waals surface area (Å²) in [5, 5.41) is 14.2. The molecule has 2 unspecified atom stereocenters. The molecule has 2 atom stereocenters. The first kappa shape index (κ1) is 18.5. The number of amides is 1. The highest BCUT2D eigenvalue weighted by Crippen LogP contribution is 2.57. The monoisotopic (exact) mass is 415 g/mol. The van der Waals surface area contributed by atoms with Crippen LogP contribution in [0.15, 0.2) is 42.9 Å². The Morgan fingerprint density at radius 1 is 1.06 bits per heavy atom. The number of fused-ring (bicyclic) bond motifs is 2. The topological polar surface area (TPSA) is 99.7 Å². The van der Waals surface area contributed by atoms with E-state index in [4.69, 9.17) is 0 Å². The SMILES string of the molecule is O=C(CCc1cnc(NC2Cc3ccccc3C2)nc1)N1CC2C(C1)C2c1cn[nH]n1. The first-order valence-electron chi connectivity index (χ1n) is 11.0. The predicted octanol–water partition coefficient (Wildman–Crippen LogP) is 1.98. The zero-order valence-corrected chi connectivity index (χ0v) is 17.2. The number of aromatic nitrogens is 5. The maximum Gasteiger partial charge on any atom is 0.222 e. The summed E-state index contributed by atoms with van der Waals surface area (Å²) < 4.78 is 0. The third kappa shape index (κ3) is 3.56. The van der Waals surface area contributed by atoms with Crippen LogP contribution in [0.2, 0.25) is 0 Å². The highest BCUT2D eigenvalue weighted by Gasteiger charge is 2.58. The molecule has 2 aromatic heterocycles. The van der Waals surface area contributed by atoms with Crippen LogP contribution < -0.4 is 5.32 Å². The van der Waals surface area contributed by atoms with E-state index in [9.17, 15) is 4.79 Å². The number of carbonyl (C=O) groups excluding carboxylic acids is 1. The Hall–Kier alpha value is -3.29. The van der Waals surface area contributed by atoms with E-state index in [0.717, 1.165) is 37.2 Å². The molecule has 1 aromatic carbocycles. The van der Waals surface area contributed by atoms with Crippen molar-refractivity contribution in [2.24, 2.45) is 11.8 Å². The van der Waals surface area contributed by atoms with Crippen LogP contribution in [-0.2, 0) is 24.1 Å². The summed E-state index contributed by atoms with van der Waals surface area (Å²) in [5.41, 5.74) is 4.84. The van der Waals surface area contributed by atoms with Gasteiger partial charge in [-0.3, -0.25) is 4.79 Å². The van der Waals surface area contributed by atoms with Crippen LogP contribution in [0.5, 0.6) is 0 Å². The Bertz CT molecular complexity index is 1040. The number of aromatic amines is 1. The molecule has 2 aliphatic carbocycles. The maximum absolute atomic E-state index is 12.6. The number of hydrogen-bond donors (Lipinski definition) is 2. The number of benzene rings is 1. The van der Waals surface area contributed by atoms with E-state index in [2.05, 4.69) is 55.0 Å². The molecular weight excluding hydrogens is 390 g/mol. The van der Waals surface area contributed by atoms with Crippen LogP contribution in [0.3, 0.4) is 0 Å². The molecule has 8 nitrogen and oxygen atoms in total. The molecular formula is C23H25N7O. The van der Waals surface area contributed by atoms with Crippen molar-refractivity contribution < 1.29 is 4.79 Å². The molecule has 3 heterocycles. The Kier molecular flexibility index (Phi) is 4.44. The van der Waals surface area contributed by atoms with Crippen LogP contribution in [0.1, 0.15) is 34.7 Å². The fraction of sp³-hybridized carbons (Fsp3) is 0.435. The number of hydrogen-bond acceptors (Lipinski definition) is 6. The largest absolute Gasteiger partial charge is 0.351 e. The third-order valence-electron chi connectivity index (χ3n) is 7.04. The Labute approximate surface area is 180 Å². The fourth-order valence-corrected chi connectivity index (χ4v) is 5.35. The second-order valence-corrected chi connectivity index (χ2v) is 8.98. The van der Waals surface area contributed by atoms with Gasteiger partial charge in [0.05, 0.1) is 11.9 Å². The second-order valence-electron chi connectivity index (χ2n) is 8.98. The summed E-state index contributed by atoms with van der Waals surface area (Å²) >= 11 is 0. The summed E-state index contributed by atoms with van der Waals surface area (Å²) in [6.45, 7) is 1.67. The zero-order chi connectivity index (χ0) is 20.8. The zero-order valence-electron chi connectivity index (χ0n) is 17.2. The van der Waals surface area contributed by atoms with Crippen molar-refractivity contribution in [1.29, 1.82) is 0 Å². The molecule has 0 bridgehead atoms. The van der Waals surface area contributed by atoms with Gasteiger partial charge in [-0.1, -0.05) is 24.3 Å². The van der Waals surface area contributed by atoms with E-state index in [1.54, 1.807) is 6.20 Å². The Morgan fingerprint density at radius 2 is 1.77 bits per heavy atom. The van der Waals surface area contributed by atoms with Crippen LogP contribution in [0, 0.1) is 11.8 Å². The van der Waals surface area contributed by atoms with E-state index in [0.29, 0.717) is 42.6 Å². The molecule has 0 spiro atoms. The van der Waals surface area contributed by atoms with Gasteiger partial charge in [-0.25, -0.2) is 9.97 Å². The lowest BCUT2D eigenvalue weighted by Crippen LogP contribution is -2.31. The smallest absolute Gasteiger partial charge is 0.222 e. The van der Waals surface area contributed by atoms with Gasteiger partial charge in [-0.2, -0.15) is 15.4 Å². The molecule has 31 heavy (non-hydrogen) atoms. The number of nitrogens with one attached hydrogen (secondary N) is 2. The lowest BCUT2D eigenvalue weighted by atomic mass is 10.1. The van der Waals surface area contributed by atoms with E-state index in [1.807, 2.05) is 17.3 Å². The third-order valence-corrected chi connectivity index (χ3v) is 7.04.